The first-order chi connectivity index (χ1) is 31.7. The first-order valence-corrected chi connectivity index (χ1v) is 22.3. The lowest BCUT2D eigenvalue weighted by molar-refractivity contribution is 0.101. The van der Waals surface area contributed by atoms with Crippen LogP contribution in [0.5, 0.6) is 11.5 Å². The van der Waals surface area contributed by atoms with E-state index >= 15 is 0 Å². The van der Waals surface area contributed by atoms with Gasteiger partial charge in [-0.1, -0.05) is 0 Å². The maximum atomic E-state index is 14.3. The third-order valence-corrected chi connectivity index (χ3v) is 13.5. The van der Waals surface area contributed by atoms with Crippen LogP contribution in [0.1, 0.15) is 40.0 Å². The van der Waals surface area contributed by atoms with Crippen LogP contribution in [-0.2, 0) is 20.6 Å². The van der Waals surface area contributed by atoms with E-state index in [1.165, 1.54) is 0 Å². The molecule has 334 valence electrons. The molecule has 3 aliphatic rings. The molecule has 3 fully saturated rings. The average molecular weight is 877 g/mol. The number of fused-ring (bicyclic) bond motifs is 5. The maximum Gasteiger partial charge on any atom is 0.258 e. The van der Waals surface area contributed by atoms with Gasteiger partial charge < -0.3 is 40.5 Å². The fraction of sp³-hybridized carbons (Fsp3) is 0.362. The number of piperidine rings is 1. The zero-order chi connectivity index (χ0) is 44.3. The quantitative estimate of drug-likeness (QED) is 0.107. The number of hydrogen-bond donors (Lipinski definition) is 5. The summed E-state index contributed by atoms with van der Waals surface area (Å²) in [4.78, 5) is 33.3. The highest BCUT2D eigenvalue weighted by atomic mass is 16.5. The van der Waals surface area contributed by atoms with Crippen molar-refractivity contribution >= 4 is 78.2 Å². The number of anilines is 4. The van der Waals surface area contributed by atoms with Gasteiger partial charge in [-0.3, -0.25) is 28.7 Å². The van der Waals surface area contributed by atoms with Crippen molar-refractivity contribution in [2.45, 2.75) is 37.9 Å². The molecule has 0 radical (unpaired) electrons. The van der Waals surface area contributed by atoms with E-state index in [9.17, 15) is 9.59 Å². The van der Waals surface area contributed by atoms with Crippen LogP contribution in [0.3, 0.4) is 0 Å². The summed E-state index contributed by atoms with van der Waals surface area (Å²) in [6.07, 6.45) is 10.8. The minimum absolute atomic E-state index is 0.221. The molecule has 0 aliphatic carbocycles. The summed E-state index contributed by atoms with van der Waals surface area (Å²) in [5.41, 5.74) is 6.88. The number of nitrogens with zero attached hydrogens (tertiary/aromatic N) is 9. The fourth-order valence-electron chi connectivity index (χ4n) is 10.2. The van der Waals surface area contributed by atoms with Gasteiger partial charge in [-0.05, 0) is 81.7 Å². The van der Waals surface area contributed by atoms with Crippen molar-refractivity contribution in [2.75, 3.05) is 73.9 Å². The van der Waals surface area contributed by atoms with E-state index < -0.39 is 0 Å². The molecule has 8 aromatic rings. The number of ether oxygens (including phenoxy) is 2. The summed E-state index contributed by atoms with van der Waals surface area (Å²) in [7, 11) is 7.31. The molecule has 4 aromatic carbocycles. The number of amides is 2. The van der Waals surface area contributed by atoms with Crippen LogP contribution in [0.15, 0.2) is 73.3 Å². The first kappa shape index (κ1) is 40.6. The van der Waals surface area contributed by atoms with Gasteiger partial charge in [-0.15, -0.1) is 0 Å². The second-order valence-corrected chi connectivity index (χ2v) is 17.5. The zero-order valence-corrected chi connectivity index (χ0v) is 36.9. The molecule has 5 N–H and O–H groups in total. The lowest BCUT2D eigenvalue weighted by Crippen LogP contribution is -2.43. The van der Waals surface area contributed by atoms with Crippen LogP contribution < -0.4 is 40.5 Å². The molecule has 3 saturated heterocycles. The van der Waals surface area contributed by atoms with E-state index in [1.807, 2.05) is 86.9 Å². The molecule has 3 atom stereocenters. The number of aromatic amines is 1. The minimum Gasteiger partial charge on any atom is -0.494 e. The Morgan fingerprint density at radius 2 is 1.57 bits per heavy atom. The summed E-state index contributed by atoms with van der Waals surface area (Å²) in [6, 6.07) is 16.1. The molecule has 11 rings (SSSR count). The molecular formula is C47H52N14O4. The van der Waals surface area contributed by atoms with Crippen molar-refractivity contribution in [1.29, 1.82) is 0 Å². The number of methoxy groups -OCH3 is 1. The van der Waals surface area contributed by atoms with Crippen molar-refractivity contribution < 1.29 is 19.1 Å². The monoisotopic (exact) mass is 876 g/mol. The Hall–Kier alpha value is -7.18. The molecule has 2 amide bonds. The molecule has 65 heavy (non-hydrogen) atoms. The summed E-state index contributed by atoms with van der Waals surface area (Å²) in [5.74, 6) is 0.967. The largest absolute Gasteiger partial charge is 0.494 e. The van der Waals surface area contributed by atoms with Crippen molar-refractivity contribution in [3.63, 3.8) is 0 Å². The number of carbonyl (C=O) groups is 2. The van der Waals surface area contributed by atoms with Crippen LogP contribution in [0.2, 0.25) is 0 Å². The van der Waals surface area contributed by atoms with Crippen LogP contribution in [0.25, 0.3) is 43.6 Å². The molecule has 0 saturated carbocycles. The SMILES string of the molecule is CNC1CCN(c2ccc(C(=O)Nc3cc4cn[nH]c4cc3OCCn3cc4c(N5CC[C@H]6CNCCC65)ccc(C(=O)Nc5cc6cn(C)nc6cc5OC)c4n3)c3nn(C)cc23)C1. The van der Waals surface area contributed by atoms with Crippen molar-refractivity contribution in [3.8, 4) is 11.5 Å². The molecule has 7 heterocycles. The smallest absolute Gasteiger partial charge is 0.258 e. The van der Waals surface area contributed by atoms with Crippen LogP contribution in [0.4, 0.5) is 22.7 Å². The molecular weight excluding hydrogens is 825 g/mol. The predicted octanol–water partition coefficient (Wildman–Crippen LogP) is 5.26. The number of carbonyl (C=O) groups excluding carboxylic acids is 2. The van der Waals surface area contributed by atoms with Gasteiger partial charge in [-0.2, -0.15) is 20.4 Å². The number of nitrogens with one attached hydrogen (secondary N) is 5. The number of aryl methyl sites for hydroxylation is 2. The van der Waals surface area contributed by atoms with Crippen LogP contribution >= 0.6 is 0 Å². The Morgan fingerprint density at radius 3 is 2.37 bits per heavy atom. The van der Waals surface area contributed by atoms with Gasteiger partial charge in [0, 0.05) is 109 Å². The maximum absolute atomic E-state index is 14.3. The third-order valence-electron chi connectivity index (χ3n) is 13.5. The highest BCUT2D eigenvalue weighted by Gasteiger charge is 2.37. The number of aromatic nitrogens is 8. The van der Waals surface area contributed by atoms with E-state index in [-0.39, 0.29) is 18.4 Å². The van der Waals surface area contributed by atoms with Crippen molar-refractivity contribution in [2.24, 2.45) is 20.0 Å². The van der Waals surface area contributed by atoms with Gasteiger partial charge in [0.15, 0.2) is 0 Å². The lowest BCUT2D eigenvalue weighted by Gasteiger charge is -2.34. The standard InChI is InChI=1S/C47H52N14O4/c1-48-30-11-13-59(24-30)40-7-5-31(44-33(40)25-58(3)55-44)46(62)52-38-17-28-22-50-53-35(28)19-43(38)65-16-15-60-26-34-41(61-14-10-27-21-49-12-9-39(27)61)8-6-32(45(34)56-60)47(63)51-37-18-29-23-57(2)54-36(29)20-42(37)64-4/h5-8,17-20,22-23,25-27,30,39,48-49H,9-16,21,24H2,1-4H3,(H,50,53)(H,51,63)(H,52,62)/t27-,30?,39?/m0/s1. The Balaban J connectivity index is 0.875. The predicted molar refractivity (Wildman–Crippen MR) is 252 cm³/mol. The van der Waals surface area contributed by atoms with Crippen LogP contribution in [0, 0.1) is 5.92 Å². The van der Waals surface area contributed by atoms with Gasteiger partial charge in [0.1, 0.15) is 29.1 Å². The van der Waals surface area contributed by atoms with E-state index in [4.69, 9.17) is 19.7 Å². The van der Waals surface area contributed by atoms with E-state index in [0.29, 0.717) is 69.6 Å². The number of H-pyrrole nitrogens is 1. The molecule has 4 aromatic heterocycles. The topological polar surface area (TPSA) is 189 Å². The van der Waals surface area contributed by atoms with E-state index in [2.05, 4.69) is 52.4 Å². The Morgan fingerprint density at radius 1 is 0.815 bits per heavy atom. The molecule has 18 heteroatoms. The Labute approximate surface area is 374 Å². The number of hydrogen-bond acceptors (Lipinski definition) is 12. The van der Waals surface area contributed by atoms with Gasteiger partial charge >= 0.3 is 0 Å². The third kappa shape index (κ3) is 7.41. The highest BCUT2D eigenvalue weighted by Crippen LogP contribution is 2.39. The number of benzene rings is 4. The van der Waals surface area contributed by atoms with Crippen molar-refractivity contribution in [3.05, 3.63) is 84.4 Å². The molecule has 3 aliphatic heterocycles. The lowest BCUT2D eigenvalue weighted by atomic mass is 9.94. The zero-order valence-electron chi connectivity index (χ0n) is 36.9. The average Bonchev–Trinajstić information content (AvgIpc) is 4.17. The number of rotatable bonds is 12. The summed E-state index contributed by atoms with van der Waals surface area (Å²) in [6.45, 7) is 5.32. The molecule has 18 nitrogen and oxygen atoms in total. The Kier molecular flexibility index (Phi) is 10.3. The molecule has 0 spiro atoms. The fourth-order valence-corrected chi connectivity index (χ4v) is 10.2. The van der Waals surface area contributed by atoms with E-state index in [1.54, 1.807) is 22.7 Å². The summed E-state index contributed by atoms with van der Waals surface area (Å²) in [5, 5.41) is 38.3. The molecule has 0 bridgehead atoms. The Bertz CT molecular complexity index is 3130. The van der Waals surface area contributed by atoms with Gasteiger partial charge in [0.2, 0.25) is 0 Å². The first-order valence-electron chi connectivity index (χ1n) is 22.3. The summed E-state index contributed by atoms with van der Waals surface area (Å²) < 4.78 is 17.5. The minimum atomic E-state index is -0.296. The van der Waals surface area contributed by atoms with Gasteiger partial charge in [0.25, 0.3) is 11.8 Å². The highest BCUT2D eigenvalue weighted by molar-refractivity contribution is 6.16. The molecule has 2 unspecified atom stereocenters. The number of likely N-dealkylation sites (N-methyl/N-ethyl adjacent to an activating group) is 1. The van der Waals surface area contributed by atoms with Crippen molar-refractivity contribution in [1.82, 2.24) is 50.2 Å². The van der Waals surface area contributed by atoms with Gasteiger partial charge in [0.05, 0.1) is 53.4 Å². The second-order valence-electron chi connectivity index (χ2n) is 17.5. The summed E-state index contributed by atoms with van der Waals surface area (Å²) >= 11 is 0. The normalized spacial score (nSPS) is 18.6. The second kappa shape index (κ2) is 16.4. The van der Waals surface area contributed by atoms with E-state index in [0.717, 1.165) is 95.9 Å². The van der Waals surface area contributed by atoms with Gasteiger partial charge in [-0.25, -0.2) is 0 Å². The van der Waals surface area contributed by atoms with Crippen LogP contribution in [-0.4, -0.2) is 117 Å².